The van der Waals surface area contributed by atoms with Crippen LogP contribution in [0.5, 0.6) is 0 Å². The zero-order valence-electron chi connectivity index (χ0n) is 17.6. The average molecular weight is 453 g/mol. The Bertz CT molecular complexity index is 1170. The van der Waals surface area contributed by atoms with Gasteiger partial charge in [0.15, 0.2) is 0 Å². The van der Waals surface area contributed by atoms with Gasteiger partial charge in [0.2, 0.25) is 15.9 Å². The molecule has 3 aromatic rings. The molecule has 166 valence electrons. The molecule has 1 saturated heterocycles. The van der Waals surface area contributed by atoms with Crippen molar-refractivity contribution in [3.63, 3.8) is 0 Å². The van der Waals surface area contributed by atoms with E-state index in [0.717, 1.165) is 16.8 Å². The van der Waals surface area contributed by atoms with Crippen molar-refractivity contribution < 1.29 is 17.6 Å². The number of carbonyl (C=O) groups is 1. The van der Waals surface area contributed by atoms with Gasteiger partial charge in [-0.25, -0.2) is 17.1 Å². The van der Waals surface area contributed by atoms with Crippen LogP contribution >= 0.6 is 0 Å². The number of para-hydroxylation sites is 1. The number of halogens is 1. The molecule has 1 fully saturated rings. The monoisotopic (exact) mass is 452 g/mol. The fraction of sp³-hybridized carbons (Fsp3) is 0.240. The first kappa shape index (κ1) is 22.2. The molecule has 0 aromatic heterocycles. The molecule has 0 radical (unpaired) electrons. The van der Waals surface area contributed by atoms with Crippen molar-refractivity contribution in [1.29, 1.82) is 0 Å². The smallest absolute Gasteiger partial charge is 0.227 e. The first-order valence-electron chi connectivity index (χ1n) is 10.6. The van der Waals surface area contributed by atoms with Crippen LogP contribution in [0.2, 0.25) is 0 Å². The Morgan fingerprint density at radius 3 is 2.22 bits per heavy atom. The molecule has 0 aliphatic carbocycles. The minimum atomic E-state index is -3.52. The number of nitrogens with one attached hydrogen (secondary N) is 1. The number of anilines is 1. The number of nitrogens with zero attached hydrogens (tertiary/aromatic N) is 1. The summed E-state index contributed by atoms with van der Waals surface area (Å²) in [5.41, 5.74) is 3.25. The maximum absolute atomic E-state index is 13.1. The fourth-order valence-corrected chi connectivity index (χ4v) is 5.54. The Kier molecular flexibility index (Phi) is 6.67. The van der Waals surface area contributed by atoms with E-state index < -0.39 is 15.8 Å². The predicted octanol–water partition coefficient (Wildman–Crippen LogP) is 4.67. The van der Waals surface area contributed by atoms with E-state index in [9.17, 15) is 17.6 Å². The van der Waals surface area contributed by atoms with E-state index in [-0.39, 0.29) is 17.6 Å². The number of hydrogen-bond donors (Lipinski definition) is 1. The third kappa shape index (κ3) is 5.23. The van der Waals surface area contributed by atoms with Crippen LogP contribution in [0.25, 0.3) is 11.1 Å². The van der Waals surface area contributed by atoms with E-state index in [1.165, 1.54) is 28.6 Å². The topological polar surface area (TPSA) is 66.5 Å². The highest BCUT2D eigenvalue weighted by atomic mass is 32.2. The van der Waals surface area contributed by atoms with E-state index in [0.29, 0.717) is 31.5 Å². The highest BCUT2D eigenvalue weighted by Gasteiger charge is 2.31. The van der Waals surface area contributed by atoms with Gasteiger partial charge in [-0.05, 0) is 42.2 Å². The number of hydrogen-bond acceptors (Lipinski definition) is 3. The van der Waals surface area contributed by atoms with Crippen molar-refractivity contribution in [2.75, 3.05) is 18.4 Å². The van der Waals surface area contributed by atoms with Crippen LogP contribution in [0.1, 0.15) is 18.4 Å². The summed E-state index contributed by atoms with van der Waals surface area (Å²) in [6, 6.07) is 23.0. The number of piperidine rings is 1. The molecule has 32 heavy (non-hydrogen) atoms. The van der Waals surface area contributed by atoms with Gasteiger partial charge < -0.3 is 5.32 Å². The molecule has 0 saturated carbocycles. The first-order valence-corrected chi connectivity index (χ1v) is 12.2. The lowest BCUT2D eigenvalue weighted by atomic mass is 9.96. The van der Waals surface area contributed by atoms with Gasteiger partial charge in [-0.2, -0.15) is 0 Å². The van der Waals surface area contributed by atoms with E-state index in [1.807, 2.05) is 54.6 Å². The second kappa shape index (κ2) is 9.63. The minimum Gasteiger partial charge on any atom is -0.325 e. The quantitative estimate of drug-likeness (QED) is 0.591. The summed E-state index contributed by atoms with van der Waals surface area (Å²) in [7, 11) is -3.52. The van der Waals surface area contributed by atoms with Gasteiger partial charge in [-0.1, -0.05) is 60.7 Å². The Labute approximate surface area is 187 Å². The molecule has 1 heterocycles. The molecule has 4 rings (SSSR count). The predicted molar refractivity (Wildman–Crippen MR) is 124 cm³/mol. The molecule has 0 spiro atoms. The lowest BCUT2D eigenvalue weighted by molar-refractivity contribution is -0.120. The van der Waals surface area contributed by atoms with Gasteiger partial charge in [0.25, 0.3) is 0 Å². The Balaban J connectivity index is 1.38. The molecule has 0 unspecified atom stereocenters. The molecular formula is C25H25FN2O3S. The molecule has 0 atom stereocenters. The van der Waals surface area contributed by atoms with Crippen LogP contribution in [0.4, 0.5) is 10.1 Å². The molecule has 3 aromatic carbocycles. The molecule has 1 amide bonds. The summed E-state index contributed by atoms with van der Waals surface area (Å²) < 4.78 is 40.0. The lowest BCUT2D eigenvalue weighted by Gasteiger charge is -2.30. The molecule has 1 N–H and O–H groups in total. The van der Waals surface area contributed by atoms with Crippen LogP contribution in [0, 0.1) is 11.7 Å². The van der Waals surface area contributed by atoms with E-state index in [4.69, 9.17) is 0 Å². The highest BCUT2D eigenvalue weighted by molar-refractivity contribution is 7.88. The number of benzene rings is 3. The summed E-state index contributed by atoms with van der Waals surface area (Å²) in [5.74, 6) is -0.916. The zero-order valence-corrected chi connectivity index (χ0v) is 18.4. The van der Waals surface area contributed by atoms with Crippen molar-refractivity contribution in [2.45, 2.75) is 18.6 Å². The fourth-order valence-electron chi connectivity index (χ4n) is 3.98. The van der Waals surface area contributed by atoms with E-state index in [1.54, 1.807) is 0 Å². The molecule has 7 heteroatoms. The summed E-state index contributed by atoms with van der Waals surface area (Å²) in [5, 5.41) is 3.04. The lowest BCUT2D eigenvalue weighted by Crippen LogP contribution is -2.41. The van der Waals surface area contributed by atoms with E-state index >= 15 is 0 Å². The van der Waals surface area contributed by atoms with Gasteiger partial charge in [0.1, 0.15) is 5.82 Å². The third-order valence-corrected chi connectivity index (χ3v) is 7.60. The molecule has 1 aliphatic rings. The Morgan fingerprint density at radius 2 is 1.53 bits per heavy atom. The first-order chi connectivity index (χ1) is 15.4. The average Bonchev–Trinajstić information content (AvgIpc) is 2.81. The van der Waals surface area contributed by atoms with Gasteiger partial charge >= 0.3 is 0 Å². The summed E-state index contributed by atoms with van der Waals surface area (Å²) in [6.45, 7) is 0.587. The Morgan fingerprint density at radius 1 is 0.906 bits per heavy atom. The largest absolute Gasteiger partial charge is 0.325 e. The summed E-state index contributed by atoms with van der Waals surface area (Å²) in [4.78, 5) is 12.9. The minimum absolute atomic E-state index is 0.0936. The van der Waals surface area contributed by atoms with Crippen LogP contribution in [0.15, 0.2) is 78.9 Å². The van der Waals surface area contributed by atoms with E-state index in [2.05, 4.69) is 5.32 Å². The number of amides is 1. The summed E-state index contributed by atoms with van der Waals surface area (Å²) in [6.07, 6.45) is 0.921. The van der Waals surface area contributed by atoms with Crippen LogP contribution in [-0.4, -0.2) is 31.7 Å². The van der Waals surface area contributed by atoms with Crippen LogP contribution in [0.3, 0.4) is 0 Å². The SMILES string of the molecule is O=C(Nc1ccccc1-c1ccccc1)C1CCN(S(=O)(=O)Cc2ccc(F)cc2)CC1. The summed E-state index contributed by atoms with van der Waals surface area (Å²) >= 11 is 0. The van der Waals surface area contributed by atoms with Crippen molar-refractivity contribution >= 4 is 21.6 Å². The van der Waals surface area contributed by atoms with Crippen LogP contribution < -0.4 is 5.32 Å². The number of rotatable bonds is 6. The van der Waals surface area contributed by atoms with Gasteiger partial charge in [0.05, 0.1) is 5.75 Å². The van der Waals surface area contributed by atoms with Gasteiger partial charge in [-0.15, -0.1) is 0 Å². The van der Waals surface area contributed by atoms with Crippen molar-refractivity contribution in [3.8, 4) is 11.1 Å². The standard InChI is InChI=1S/C25H25FN2O3S/c26-22-12-10-19(11-13-22)18-32(30,31)28-16-14-21(15-17-28)25(29)27-24-9-5-4-8-23(24)20-6-2-1-3-7-20/h1-13,21H,14-18H2,(H,27,29). The third-order valence-electron chi connectivity index (χ3n) is 5.75. The Hall–Kier alpha value is -3.03. The molecular weight excluding hydrogens is 427 g/mol. The second-order valence-electron chi connectivity index (χ2n) is 7.96. The number of sulfonamides is 1. The number of carbonyl (C=O) groups excluding carboxylic acids is 1. The van der Waals surface area contributed by atoms with Crippen molar-refractivity contribution in [2.24, 2.45) is 5.92 Å². The zero-order chi connectivity index (χ0) is 22.6. The van der Waals surface area contributed by atoms with Gasteiger partial charge in [0, 0.05) is 30.3 Å². The molecule has 5 nitrogen and oxygen atoms in total. The van der Waals surface area contributed by atoms with Crippen molar-refractivity contribution in [3.05, 3.63) is 90.2 Å². The highest BCUT2D eigenvalue weighted by Crippen LogP contribution is 2.29. The maximum Gasteiger partial charge on any atom is 0.227 e. The normalized spacial score (nSPS) is 15.4. The van der Waals surface area contributed by atoms with Crippen LogP contribution in [-0.2, 0) is 20.6 Å². The van der Waals surface area contributed by atoms with Gasteiger partial charge in [-0.3, -0.25) is 4.79 Å². The molecule has 1 aliphatic heterocycles. The van der Waals surface area contributed by atoms with Crippen molar-refractivity contribution in [1.82, 2.24) is 4.31 Å². The second-order valence-corrected chi connectivity index (χ2v) is 9.93. The maximum atomic E-state index is 13.1. The molecule has 0 bridgehead atoms.